The first-order valence-corrected chi connectivity index (χ1v) is 15.8. The number of nitrogens with zero attached hydrogens (tertiary/aromatic N) is 2. The summed E-state index contributed by atoms with van der Waals surface area (Å²) in [7, 11) is 0.558. The molecule has 264 valence electrons. The Morgan fingerprint density at radius 1 is 0.980 bits per heavy atom. The zero-order valence-electron chi connectivity index (χ0n) is 27.2. The quantitative estimate of drug-likeness (QED) is 0.109. The minimum Gasteiger partial charge on any atom is -0.464 e. The molecule has 11 nitrogen and oxygen atoms in total. The molecule has 1 saturated carbocycles. The van der Waals surface area contributed by atoms with Gasteiger partial charge in [-0.25, -0.2) is 9.78 Å². The number of aromatic amines is 1. The molecule has 0 bridgehead atoms. The van der Waals surface area contributed by atoms with Crippen molar-refractivity contribution in [3.05, 3.63) is 89.2 Å². The van der Waals surface area contributed by atoms with Crippen LogP contribution in [0.25, 0.3) is 22.5 Å². The van der Waals surface area contributed by atoms with Crippen molar-refractivity contribution in [3.8, 4) is 22.5 Å². The number of aliphatic hydroxyl groups excluding tert-OH is 1. The molecule has 1 aliphatic rings. The van der Waals surface area contributed by atoms with E-state index in [0.29, 0.717) is 31.2 Å². The van der Waals surface area contributed by atoms with Crippen LogP contribution in [-0.4, -0.2) is 69.3 Å². The highest BCUT2D eigenvalue weighted by atomic mass is 19.3. The standard InChI is InChI=1S/C35H36F4N6O5/c1-19-17-23(30(47)41-25-12-14-26(46)15-13-25)9-16-27(19)21-5-3-20(4-6-21)18-28(40)31(48)42-24-10-7-22(8-11-24)29-43-32(45-44-29)34(36,37)35(38,39)33(49)50-2/h3-11,16-17,25-26,28,46H,12-15,18,40H2,1-2H3,(H,41,47)(H,42,48)(H,43,44,45)/t25?,26?,28-/m0/s1. The van der Waals surface area contributed by atoms with Crippen LogP contribution >= 0.6 is 0 Å². The van der Waals surface area contributed by atoms with Crippen LogP contribution in [0.5, 0.6) is 0 Å². The van der Waals surface area contributed by atoms with E-state index in [1.807, 2.05) is 43.3 Å². The highest BCUT2D eigenvalue weighted by Gasteiger charge is 2.66. The van der Waals surface area contributed by atoms with E-state index < -0.39 is 35.6 Å². The van der Waals surface area contributed by atoms with Crippen molar-refractivity contribution in [2.24, 2.45) is 5.73 Å². The number of H-pyrrole nitrogens is 1. The van der Waals surface area contributed by atoms with Crippen molar-refractivity contribution in [1.82, 2.24) is 20.5 Å². The van der Waals surface area contributed by atoms with Crippen molar-refractivity contribution in [2.45, 2.75) is 69.1 Å². The van der Waals surface area contributed by atoms with Crippen LogP contribution in [0, 0.1) is 6.92 Å². The number of aromatic nitrogens is 3. The number of carbonyl (C=O) groups is 3. The summed E-state index contributed by atoms with van der Waals surface area (Å²) in [4.78, 5) is 40.2. The zero-order valence-corrected chi connectivity index (χ0v) is 27.2. The number of alkyl halides is 4. The number of ether oxygens (including phenoxy) is 1. The smallest absolute Gasteiger partial charge is 0.412 e. The van der Waals surface area contributed by atoms with Gasteiger partial charge in [0.2, 0.25) is 11.7 Å². The van der Waals surface area contributed by atoms with Gasteiger partial charge in [-0.3, -0.25) is 14.7 Å². The van der Waals surface area contributed by atoms with Crippen LogP contribution < -0.4 is 16.4 Å². The Labute approximate surface area is 284 Å². The summed E-state index contributed by atoms with van der Waals surface area (Å²) in [6.45, 7) is 1.93. The molecule has 1 heterocycles. The van der Waals surface area contributed by atoms with Crippen molar-refractivity contribution < 1.29 is 41.8 Å². The molecule has 6 N–H and O–H groups in total. The Morgan fingerprint density at radius 3 is 2.24 bits per heavy atom. The molecule has 0 unspecified atom stereocenters. The zero-order chi connectivity index (χ0) is 36.2. The number of carbonyl (C=O) groups excluding carboxylic acids is 3. The van der Waals surface area contributed by atoms with Crippen LogP contribution in [-0.2, 0) is 26.7 Å². The van der Waals surface area contributed by atoms with E-state index in [-0.39, 0.29) is 35.9 Å². The third-order valence-electron chi connectivity index (χ3n) is 8.61. The molecule has 15 heteroatoms. The van der Waals surface area contributed by atoms with E-state index in [4.69, 9.17) is 5.73 Å². The number of hydrogen-bond acceptors (Lipinski definition) is 8. The Hall–Kier alpha value is -5.15. The number of rotatable bonds is 11. The molecular formula is C35H36F4N6O5. The van der Waals surface area contributed by atoms with Crippen molar-refractivity contribution in [2.75, 3.05) is 12.4 Å². The van der Waals surface area contributed by atoms with Gasteiger partial charge < -0.3 is 26.2 Å². The Kier molecular flexibility index (Phi) is 10.7. The first-order valence-electron chi connectivity index (χ1n) is 15.8. The van der Waals surface area contributed by atoms with E-state index in [1.54, 1.807) is 11.2 Å². The van der Waals surface area contributed by atoms with Gasteiger partial charge in [0.1, 0.15) is 0 Å². The second-order valence-corrected chi connectivity index (χ2v) is 12.2. The predicted octanol–water partition coefficient (Wildman–Crippen LogP) is 4.89. The van der Waals surface area contributed by atoms with Crippen molar-refractivity contribution in [1.29, 1.82) is 0 Å². The fourth-order valence-corrected chi connectivity index (χ4v) is 5.66. The van der Waals surface area contributed by atoms with Crippen LogP contribution in [0.1, 0.15) is 53.0 Å². The monoisotopic (exact) mass is 696 g/mol. The number of esters is 1. The number of benzene rings is 3. The van der Waals surface area contributed by atoms with E-state index in [1.165, 1.54) is 24.3 Å². The van der Waals surface area contributed by atoms with Crippen LogP contribution in [0.15, 0.2) is 66.7 Å². The molecule has 2 amide bonds. The van der Waals surface area contributed by atoms with E-state index in [9.17, 15) is 37.1 Å². The molecule has 1 atom stereocenters. The summed E-state index contributed by atoms with van der Waals surface area (Å²) in [6, 6.07) is 17.9. The van der Waals surface area contributed by atoms with E-state index >= 15 is 0 Å². The van der Waals surface area contributed by atoms with Gasteiger partial charge in [0, 0.05) is 22.9 Å². The molecule has 0 spiro atoms. The van der Waals surface area contributed by atoms with E-state index in [2.05, 4.69) is 25.5 Å². The van der Waals surface area contributed by atoms with Crippen molar-refractivity contribution >= 4 is 23.5 Å². The van der Waals surface area contributed by atoms with Gasteiger partial charge in [-0.05, 0) is 97.7 Å². The molecular weight excluding hydrogens is 660 g/mol. The fraction of sp³-hybridized carbons (Fsp3) is 0.343. The average Bonchev–Trinajstić information content (AvgIpc) is 3.61. The molecule has 3 aromatic carbocycles. The lowest BCUT2D eigenvalue weighted by Gasteiger charge is -2.26. The lowest BCUT2D eigenvalue weighted by atomic mass is 9.92. The lowest BCUT2D eigenvalue weighted by molar-refractivity contribution is -0.233. The molecule has 4 aromatic rings. The SMILES string of the molecule is COC(=O)C(F)(F)C(F)(F)c1nc(-c2ccc(NC(=O)[C@@H](N)Cc3ccc(-c4ccc(C(=O)NC5CCC(O)CC5)cc4C)cc3)cc2)n[nH]1. The number of aliphatic hydroxyl groups is 1. The normalized spacial score (nSPS) is 17.1. The Morgan fingerprint density at radius 2 is 1.62 bits per heavy atom. The summed E-state index contributed by atoms with van der Waals surface area (Å²) in [5, 5.41) is 20.7. The maximum Gasteiger partial charge on any atom is 0.412 e. The fourth-order valence-electron chi connectivity index (χ4n) is 5.66. The molecule has 0 radical (unpaired) electrons. The molecule has 0 aliphatic heterocycles. The minimum atomic E-state index is -5.18. The van der Waals surface area contributed by atoms with Crippen LogP contribution in [0.4, 0.5) is 23.2 Å². The molecule has 1 aliphatic carbocycles. The molecule has 0 saturated heterocycles. The van der Waals surface area contributed by atoms with Crippen LogP contribution in [0.2, 0.25) is 0 Å². The second kappa shape index (κ2) is 14.8. The highest BCUT2D eigenvalue weighted by molar-refractivity contribution is 5.96. The van der Waals surface area contributed by atoms with Gasteiger partial charge in [-0.15, -0.1) is 0 Å². The number of anilines is 1. The third kappa shape index (κ3) is 7.84. The topological polar surface area (TPSA) is 172 Å². The maximum atomic E-state index is 14.3. The van der Waals surface area contributed by atoms with E-state index in [0.717, 1.165) is 35.1 Å². The number of amides is 2. The number of methoxy groups -OCH3 is 1. The Bertz CT molecular complexity index is 1840. The summed E-state index contributed by atoms with van der Waals surface area (Å²) in [5.74, 6) is -15.1. The number of nitrogens with one attached hydrogen (secondary N) is 3. The first kappa shape index (κ1) is 36.1. The summed E-state index contributed by atoms with van der Waals surface area (Å²) >= 11 is 0. The number of nitrogens with two attached hydrogens (primary N) is 1. The largest absolute Gasteiger partial charge is 0.464 e. The molecule has 1 fully saturated rings. The lowest BCUT2D eigenvalue weighted by Crippen LogP contribution is -2.46. The van der Waals surface area contributed by atoms with Gasteiger partial charge in [0.25, 0.3) is 5.91 Å². The molecule has 5 rings (SSSR count). The second-order valence-electron chi connectivity index (χ2n) is 12.2. The van der Waals surface area contributed by atoms with Gasteiger partial charge >= 0.3 is 17.8 Å². The van der Waals surface area contributed by atoms with Gasteiger partial charge in [0.15, 0.2) is 5.82 Å². The average molecular weight is 697 g/mol. The Balaban J connectivity index is 1.15. The number of hydrogen-bond donors (Lipinski definition) is 5. The summed E-state index contributed by atoms with van der Waals surface area (Å²) in [6.07, 6.45) is 2.81. The predicted molar refractivity (Wildman–Crippen MR) is 175 cm³/mol. The number of aryl methyl sites for hydroxylation is 1. The van der Waals surface area contributed by atoms with Gasteiger partial charge in [-0.2, -0.15) is 22.7 Å². The summed E-state index contributed by atoms with van der Waals surface area (Å²) < 4.78 is 60.2. The number of halogens is 4. The van der Waals surface area contributed by atoms with Gasteiger partial charge in [0.05, 0.1) is 19.3 Å². The molecule has 50 heavy (non-hydrogen) atoms. The first-order chi connectivity index (χ1) is 23.7. The highest BCUT2D eigenvalue weighted by Crippen LogP contribution is 2.42. The van der Waals surface area contributed by atoms with Crippen molar-refractivity contribution in [3.63, 3.8) is 0 Å². The third-order valence-corrected chi connectivity index (χ3v) is 8.61. The minimum absolute atomic E-state index is 0.0568. The molecule has 1 aromatic heterocycles. The van der Waals surface area contributed by atoms with Crippen LogP contribution in [0.3, 0.4) is 0 Å². The maximum absolute atomic E-state index is 14.3. The summed E-state index contributed by atoms with van der Waals surface area (Å²) in [5.41, 5.74) is 10.8. The van der Waals surface area contributed by atoms with Gasteiger partial charge in [-0.1, -0.05) is 30.3 Å².